The summed E-state index contributed by atoms with van der Waals surface area (Å²) in [5, 5.41) is 4.86. The van der Waals surface area contributed by atoms with Crippen LogP contribution in [0.15, 0.2) is 46.9 Å². The fraction of sp³-hybridized carbons (Fsp3) is 0.304. The Bertz CT molecular complexity index is 1230. The molecule has 160 valence electrons. The van der Waals surface area contributed by atoms with E-state index in [9.17, 15) is 4.79 Å². The van der Waals surface area contributed by atoms with E-state index in [4.69, 9.17) is 18.9 Å². The molecular weight excluding hydrogens is 414 g/mol. The number of carbonyl (C=O) groups excluding carboxylic acids is 1. The van der Waals surface area contributed by atoms with Crippen molar-refractivity contribution in [2.75, 3.05) is 43.1 Å². The summed E-state index contributed by atoms with van der Waals surface area (Å²) < 4.78 is 17.9. The molecule has 8 heteroatoms. The molecule has 2 aromatic carbocycles. The van der Waals surface area contributed by atoms with E-state index in [1.54, 1.807) is 11.3 Å². The van der Waals surface area contributed by atoms with Gasteiger partial charge in [0.2, 0.25) is 0 Å². The summed E-state index contributed by atoms with van der Waals surface area (Å²) in [6.45, 7) is 5.95. The van der Waals surface area contributed by atoms with Crippen LogP contribution in [0.3, 0.4) is 0 Å². The molecule has 0 aliphatic carbocycles. The largest absolute Gasteiger partial charge is 0.451 e. The molecule has 7 nitrogen and oxygen atoms in total. The van der Waals surface area contributed by atoms with Gasteiger partial charge in [-0.05, 0) is 31.2 Å². The zero-order chi connectivity index (χ0) is 21.2. The molecule has 1 saturated heterocycles. The average Bonchev–Trinajstić information content (AvgIpc) is 3.39. The Kier molecular flexibility index (Phi) is 5.59. The average molecular weight is 438 g/mol. The highest BCUT2D eigenvalue weighted by molar-refractivity contribution is 7.22. The number of benzene rings is 2. The van der Waals surface area contributed by atoms with Crippen molar-refractivity contribution in [3.05, 3.63) is 53.8 Å². The summed E-state index contributed by atoms with van der Waals surface area (Å²) >= 11 is 1.62. The summed E-state index contributed by atoms with van der Waals surface area (Å²) in [6.07, 6.45) is 0. The first-order chi connectivity index (χ1) is 15.2. The molecule has 1 aliphatic heterocycles. The molecule has 3 heterocycles. The van der Waals surface area contributed by atoms with Crippen LogP contribution in [-0.2, 0) is 16.1 Å². The van der Waals surface area contributed by atoms with Gasteiger partial charge in [-0.25, -0.2) is 4.98 Å². The highest BCUT2D eigenvalue weighted by Crippen LogP contribution is 2.32. The van der Waals surface area contributed by atoms with Gasteiger partial charge < -0.3 is 24.1 Å². The van der Waals surface area contributed by atoms with Crippen molar-refractivity contribution in [2.45, 2.75) is 13.5 Å². The number of rotatable bonds is 6. The molecule has 0 spiro atoms. The van der Waals surface area contributed by atoms with Crippen molar-refractivity contribution < 1.29 is 18.7 Å². The normalized spacial score (nSPS) is 14.4. The first kappa shape index (κ1) is 20.0. The summed E-state index contributed by atoms with van der Waals surface area (Å²) in [5.41, 5.74) is 3.07. The number of hydrogen-bond acceptors (Lipinski definition) is 7. The van der Waals surface area contributed by atoms with Crippen molar-refractivity contribution in [3.8, 4) is 0 Å². The Morgan fingerprint density at radius 2 is 2.06 bits per heavy atom. The number of anilines is 2. The second-order valence-electron chi connectivity index (χ2n) is 7.28. The predicted molar refractivity (Wildman–Crippen MR) is 122 cm³/mol. The monoisotopic (exact) mass is 437 g/mol. The van der Waals surface area contributed by atoms with Crippen LogP contribution < -0.4 is 10.2 Å². The van der Waals surface area contributed by atoms with Crippen LogP contribution in [0, 0.1) is 0 Å². The van der Waals surface area contributed by atoms with Gasteiger partial charge >= 0.3 is 0 Å². The minimum absolute atomic E-state index is 0.285. The number of aromatic nitrogens is 1. The predicted octanol–water partition coefficient (Wildman–Crippen LogP) is 4.67. The maximum absolute atomic E-state index is 13.1. The van der Waals surface area contributed by atoms with E-state index in [1.165, 1.54) is 0 Å². The number of nitrogens with one attached hydrogen (secondary N) is 1. The Morgan fingerprint density at radius 3 is 2.90 bits per heavy atom. The summed E-state index contributed by atoms with van der Waals surface area (Å²) in [6, 6.07) is 13.4. The lowest BCUT2D eigenvalue weighted by Gasteiger charge is -2.25. The van der Waals surface area contributed by atoms with Crippen LogP contribution in [0.5, 0.6) is 0 Å². The van der Waals surface area contributed by atoms with Crippen molar-refractivity contribution in [3.63, 3.8) is 0 Å². The quantitative estimate of drug-likeness (QED) is 0.472. The molecule has 0 atom stereocenters. The van der Waals surface area contributed by atoms with Crippen molar-refractivity contribution in [1.29, 1.82) is 0 Å². The minimum Gasteiger partial charge on any atom is -0.451 e. The van der Waals surface area contributed by atoms with Gasteiger partial charge in [0.15, 0.2) is 10.9 Å². The summed E-state index contributed by atoms with van der Waals surface area (Å²) in [4.78, 5) is 20.0. The number of morpholine rings is 1. The number of hydrogen-bond donors (Lipinski definition) is 1. The first-order valence-electron chi connectivity index (χ1n) is 10.4. The standard InChI is InChI=1S/C23H23N3O4S/c1-2-28-14-17-16-5-3-4-6-19(16)30-21(17)22(27)24-15-7-8-18-20(13-15)31-23(25-18)26-9-11-29-12-10-26/h3-8,13H,2,9-12,14H2,1H3,(H,24,27). The van der Waals surface area contributed by atoms with Crippen LogP contribution in [-0.4, -0.2) is 43.8 Å². The zero-order valence-corrected chi connectivity index (χ0v) is 18.0. The Balaban J connectivity index is 1.41. The fourth-order valence-electron chi connectivity index (χ4n) is 3.70. The lowest BCUT2D eigenvalue weighted by Crippen LogP contribution is -2.36. The molecule has 5 rings (SSSR count). The second-order valence-corrected chi connectivity index (χ2v) is 8.28. The SMILES string of the molecule is CCOCc1c(C(=O)Nc2ccc3nc(N4CCOCC4)sc3c2)oc2ccccc12. The number of nitrogens with zero attached hydrogens (tertiary/aromatic N) is 2. The van der Waals surface area contributed by atoms with E-state index < -0.39 is 0 Å². The first-order valence-corrected chi connectivity index (χ1v) is 11.2. The molecule has 1 N–H and O–H groups in total. The summed E-state index contributed by atoms with van der Waals surface area (Å²) in [7, 11) is 0. The van der Waals surface area contributed by atoms with E-state index in [0.717, 1.165) is 52.6 Å². The van der Waals surface area contributed by atoms with Crippen molar-refractivity contribution in [2.24, 2.45) is 0 Å². The van der Waals surface area contributed by atoms with Gasteiger partial charge in [0.05, 0.1) is 30.0 Å². The Labute approximate surface area is 183 Å². The smallest absolute Gasteiger partial charge is 0.291 e. The molecule has 4 aromatic rings. The van der Waals surface area contributed by atoms with E-state index in [0.29, 0.717) is 24.5 Å². The maximum Gasteiger partial charge on any atom is 0.291 e. The van der Waals surface area contributed by atoms with E-state index in [2.05, 4.69) is 10.2 Å². The lowest BCUT2D eigenvalue weighted by atomic mass is 10.1. The van der Waals surface area contributed by atoms with E-state index >= 15 is 0 Å². The van der Waals surface area contributed by atoms with Crippen LogP contribution >= 0.6 is 11.3 Å². The third-order valence-electron chi connectivity index (χ3n) is 5.27. The minimum atomic E-state index is -0.289. The van der Waals surface area contributed by atoms with Gasteiger partial charge in [0, 0.05) is 36.3 Å². The third-order valence-corrected chi connectivity index (χ3v) is 6.35. The van der Waals surface area contributed by atoms with Gasteiger partial charge in [0.25, 0.3) is 5.91 Å². The Morgan fingerprint density at radius 1 is 1.23 bits per heavy atom. The van der Waals surface area contributed by atoms with E-state index in [-0.39, 0.29) is 11.7 Å². The van der Waals surface area contributed by atoms with Crippen LogP contribution in [0.25, 0.3) is 21.2 Å². The molecule has 0 unspecified atom stereocenters. The third kappa shape index (κ3) is 4.01. The fourth-order valence-corrected chi connectivity index (χ4v) is 4.75. The lowest BCUT2D eigenvalue weighted by molar-refractivity contribution is 0.0984. The van der Waals surface area contributed by atoms with Crippen LogP contribution in [0.2, 0.25) is 0 Å². The molecular formula is C23H23N3O4S. The van der Waals surface area contributed by atoms with Crippen LogP contribution in [0.1, 0.15) is 23.0 Å². The number of carbonyl (C=O) groups is 1. The molecule has 1 amide bonds. The van der Waals surface area contributed by atoms with Crippen LogP contribution in [0.4, 0.5) is 10.8 Å². The molecule has 1 aliphatic rings. The number of furan rings is 1. The highest BCUT2D eigenvalue weighted by atomic mass is 32.1. The van der Waals surface area contributed by atoms with Gasteiger partial charge in [0.1, 0.15) is 5.58 Å². The van der Waals surface area contributed by atoms with Crippen molar-refractivity contribution >= 4 is 49.2 Å². The number of para-hydroxylation sites is 1. The topological polar surface area (TPSA) is 76.8 Å². The highest BCUT2D eigenvalue weighted by Gasteiger charge is 2.21. The van der Waals surface area contributed by atoms with Gasteiger partial charge in [-0.3, -0.25) is 4.79 Å². The number of thiazole rings is 1. The Hall–Kier alpha value is -2.94. The summed E-state index contributed by atoms with van der Waals surface area (Å²) in [5.74, 6) is -0.00349. The maximum atomic E-state index is 13.1. The van der Waals surface area contributed by atoms with E-state index in [1.807, 2.05) is 49.4 Å². The molecule has 0 radical (unpaired) electrons. The number of ether oxygens (including phenoxy) is 2. The second kappa shape index (κ2) is 8.66. The molecule has 31 heavy (non-hydrogen) atoms. The zero-order valence-electron chi connectivity index (χ0n) is 17.2. The van der Waals surface area contributed by atoms with Crippen molar-refractivity contribution in [1.82, 2.24) is 4.98 Å². The number of fused-ring (bicyclic) bond motifs is 2. The van der Waals surface area contributed by atoms with Gasteiger partial charge in [-0.2, -0.15) is 0 Å². The molecule has 2 aromatic heterocycles. The molecule has 1 fully saturated rings. The molecule has 0 bridgehead atoms. The number of amides is 1. The molecule has 0 saturated carbocycles. The van der Waals surface area contributed by atoms with Gasteiger partial charge in [-0.15, -0.1) is 0 Å². The van der Waals surface area contributed by atoms with Gasteiger partial charge in [-0.1, -0.05) is 29.5 Å².